The molecule has 1 aliphatic rings. The van der Waals surface area contributed by atoms with E-state index < -0.39 is 0 Å². The molecule has 1 fully saturated rings. The maximum atomic E-state index is 12.5. The third-order valence-electron chi connectivity index (χ3n) is 5.11. The average Bonchev–Trinajstić information content (AvgIpc) is 3.33. The summed E-state index contributed by atoms with van der Waals surface area (Å²) in [5, 5.41) is 11.1. The topological polar surface area (TPSA) is 124 Å². The number of rotatable bonds is 7. The predicted molar refractivity (Wildman–Crippen MR) is 108 cm³/mol. The molecule has 1 aliphatic heterocycles. The molecule has 30 heavy (non-hydrogen) atoms. The molecule has 0 atom stereocenters. The lowest BCUT2D eigenvalue weighted by atomic mass is 9.96. The number of piperidine rings is 1. The van der Waals surface area contributed by atoms with Crippen LogP contribution in [0.3, 0.4) is 0 Å². The summed E-state index contributed by atoms with van der Waals surface area (Å²) >= 11 is 0. The number of nitrogens with zero attached hydrogens (tertiary/aromatic N) is 8. The molecule has 0 radical (unpaired) electrons. The monoisotopic (exact) mass is 409 g/mol. The van der Waals surface area contributed by atoms with Crippen LogP contribution in [0, 0.1) is 5.92 Å². The number of carbonyl (C=O) groups is 1. The van der Waals surface area contributed by atoms with Gasteiger partial charge in [-0.1, -0.05) is 0 Å². The predicted octanol–water partition coefficient (Wildman–Crippen LogP) is 0.0369. The largest absolute Gasteiger partial charge is 0.356 e. The van der Waals surface area contributed by atoms with E-state index in [2.05, 4.69) is 35.4 Å². The van der Waals surface area contributed by atoms with Crippen LogP contribution in [0.2, 0.25) is 0 Å². The van der Waals surface area contributed by atoms with Gasteiger partial charge in [0.25, 0.3) is 5.56 Å². The molecule has 156 valence electrons. The Morgan fingerprint density at radius 1 is 1.13 bits per heavy atom. The van der Waals surface area contributed by atoms with Crippen molar-refractivity contribution in [2.75, 3.05) is 24.5 Å². The summed E-state index contributed by atoms with van der Waals surface area (Å²) in [6.45, 7) is 2.50. The Balaban J connectivity index is 1.23. The van der Waals surface area contributed by atoms with E-state index in [0.717, 1.165) is 31.7 Å². The second kappa shape index (κ2) is 9.25. The van der Waals surface area contributed by atoms with E-state index in [-0.39, 0.29) is 17.4 Å². The van der Waals surface area contributed by atoms with Gasteiger partial charge in [-0.25, -0.2) is 24.3 Å². The Labute approximate surface area is 172 Å². The Morgan fingerprint density at radius 2 is 1.97 bits per heavy atom. The smallest absolute Gasteiger partial charge is 0.266 e. The van der Waals surface area contributed by atoms with E-state index in [0.29, 0.717) is 25.3 Å². The van der Waals surface area contributed by atoms with Crippen LogP contribution in [0.15, 0.2) is 48.2 Å². The summed E-state index contributed by atoms with van der Waals surface area (Å²) < 4.78 is 2.99. The molecule has 0 aromatic carbocycles. The molecule has 0 aliphatic carbocycles. The Morgan fingerprint density at radius 3 is 2.73 bits per heavy atom. The second-order valence-corrected chi connectivity index (χ2v) is 7.07. The van der Waals surface area contributed by atoms with Gasteiger partial charge in [0, 0.05) is 50.4 Å². The zero-order valence-corrected chi connectivity index (χ0v) is 16.5. The van der Waals surface area contributed by atoms with Crippen LogP contribution < -0.4 is 15.8 Å². The molecule has 1 saturated heterocycles. The number of carbonyl (C=O) groups excluding carboxylic acids is 1. The van der Waals surface area contributed by atoms with Crippen LogP contribution in [0.1, 0.15) is 19.3 Å². The van der Waals surface area contributed by atoms with Crippen LogP contribution >= 0.6 is 0 Å². The first-order valence-corrected chi connectivity index (χ1v) is 9.92. The van der Waals surface area contributed by atoms with E-state index in [4.69, 9.17) is 0 Å². The summed E-state index contributed by atoms with van der Waals surface area (Å²) in [6, 6.07) is 4.96. The molecule has 4 heterocycles. The third-order valence-corrected chi connectivity index (χ3v) is 5.11. The van der Waals surface area contributed by atoms with Crippen molar-refractivity contribution in [3.8, 4) is 5.82 Å². The summed E-state index contributed by atoms with van der Waals surface area (Å²) in [6.07, 6.45) is 8.32. The lowest BCUT2D eigenvalue weighted by Gasteiger charge is -2.32. The van der Waals surface area contributed by atoms with E-state index in [9.17, 15) is 9.59 Å². The number of nitrogens with one attached hydrogen (secondary N) is 1. The van der Waals surface area contributed by atoms with Gasteiger partial charge in [0.05, 0.1) is 0 Å². The van der Waals surface area contributed by atoms with Crippen molar-refractivity contribution in [3.63, 3.8) is 0 Å². The highest BCUT2D eigenvalue weighted by atomic mass is 16.2. The van der Waals surface area contributed by atoms with Gasteiger partial charge in [0.2, 0.25) is 5.91 Å². The van der Waals surface area contributed by atoms with Crippen LogP contribution in [0.4, 0.5) is 5.82 Å². The molecule has 11 heteroatoms. The Bertz CT molecular complexity index is 1030. The first-order valence-electron chi connectivity index (χ1n) is 9.92. The van der Waals surface area contributed by atoms with Crippen molar-refractivity contribution in [1.82, 2.24) is 39.8 Å². The maximum Gasteiger partial charge on any atom is 0.266 e. The number of anilines is 1. The molecular weight excluding hydrogens is 386 g/mol. The number of hydrogen-bond donors (Lipinski definition) is 1. The minimum absolute atomic E-state index is 0.0181. The average molecular weight is 409 g/mol. The molecule has 1 N–H and O–H groups in total. The first-order chi connectivity index (χ1) is 14.7. The van der Waals surface area contributed by atoms with Crippen molar-refractivity contribution < 1.29 is 4.79 Å². The number of hydrogen-bond acceptors (Lipinski definition) is 8. The number of aromatic nitrogens is 7. The lowest BCUT2D eigenvalue weighted by molar-refractivity contribution is -0.125. The van der Waals surface area contributed by atoms with E-state index in [1.807, 2.05) is 6.07 Å². The molecular formula is C19H23N9O2. The van der Waals surface area contributed by atoms with Crippen LogP contribution in [-0.4, -0.2) is 60.1 Å². The standard InChI is InChI=1S/C19H23N9O2/c29-18-3-1-7-24-27(18)8-2-6-21-19(30)15-4-9-26(10-5-15)16-11-17(23-13-22-16)28-14-20-12-25-28/h1,3,7,11-15H,2,4-6,8-10H2,(H,21,30). The summed E-state index contributed by atoms with van der Waals surface area (Å²) in [7, 11) is 0. The second-order valence-electron chi connectivity index (χ2n) is 7.07. The fourth-order valence-electron chi connectivity index (χ4n) is 3.47. The van der Waals surface area contributed by atoms with E-state index in [1.165, 1.54) is 23.4 Å². The summed E-state index contributed by atoms with van der Waals surface area (Å²) in [5.41, 5.74) is -0.132. The van der Waals surface area contributed by atoms with Crippen LogP contribution in [0.25, 0.3) is 5.82 Å². The highest BCUT2D eigenvalue weighted by Crippen LogP contribution is 2.22. The van der Waals surface area contributed by atoms with Gasteiger partial charge in [-0.05, 0) is 25.3 Å². The highest BCUT2D eigenvalue weighted by Gasteiger charge is 2.25. The molecule has 4 rings (SSSR count). The van der Waals surface area contributed by atoms with Crippen molar-refractivity contribution in [2.45, 2.75) is 25.8 Å². The van der Waals surface area contributed by atoms with Crippen LogP contribution in [0.5, 0.6) is 0 Å². The fourth-order valence-corrected chi connectivity index (χ4v) is 3.47. The molecule has 0 spiro atoms. The summed E-state index contributed by atoms with van der Waals surface area (Å²) in [5.74, 6) is 1.52. The van der Waals surface area contributed by atoms with Gasteiger partial charge in [0.1, 0.15) is 24.8 Å². The van der Waals surface area contributed by atoms with Crippen molar-refractivity contribution in [1.29, 1.82) is 0 Å². The molecule has 3 aromatic heterocycles. The molecule has 11 nitrogen and oxygen atoms in total. The van der Waals surface area contributed by atoms with Gasteiger partial charge in [-0.2, -0.15) is 10.2 Å². The van der Waals surface area contributed by atoms with Gasteiger partial charge in [-0.3, -0.25) is 9.59 Å². The molecule has 0 bridgehead atoms. The minimum atomic E-state index is -0.132. The van der Waals surface area contributed by atoms with Gasteiger partial charge in [0.15, 0.2) is 5.82 Å². The normalized spacial score (nSPS) is 14.6. The highest BCUT2D eigenvalue weighted by molar-refractivity contribution is 5.78. The van der Waals surface area contributed by atoms with Crippen molar-refractivity contribution in [2.24, 2.45) is 5.92 Å². The van der Waals surface area contributed by atoms with E-state index >= 15 is 0 Å². The zero-order chi connectivity index (χ0) is 20.8. The SMILES string of the molecule is O=C(NCCCn1ncccc1=O)C1CCN(c2cc(-n3cncn3)ncn2)CC1. The maximum absolute atomic E-state index is 12.5. The fraction of sp³-hybridized carbons (Fsp3) is 0.421. The van der Waals surface area contributed by atoms with E-state index in [1.54, 1.807) is 23.3 Å². The van der Waals surface area contributed by atoms with Crippen LogP contribution in [-0.2, 0) is 11.3 Å². The van der Waals surface area contributed by atoms with Crippen molar-refractivity contribution in [3.05, 3.63) is 53.7 Å². The number of amides is 1. The summed E-state index contributed by atoms with van der Waals surface area (Å²) in [4.78, 5) is 38.8. The van der Waals surface area contributed by atoms with Gasteiger partial charge in [-0.15, -0.1) is 0 Å². The molecule has 0 unspecified atom stereocenters. The number of aryl methyl sites for hydroxylation is 1. The lowest BCUT2D eigenvalue weighted by Crippen LogP contribution is -2.41. The quantitative estimate of drug-likeness (QED) is 0.543. The Kier molecular flexibility index (Phi) is 6.06. The van der Waals surface area contributed by atoms with Gasteiger partial charge >= 0.3 is 0 Å². The molecule has 0 saturated carbocycles. The first kappa shape index (κ1) is 19.7. The van der Waals surface area contributed by atoms with Gasteiger partial charge < -0.3 is 10.2 Å². The zero-order valence-electron chi connectivity index (χ0n) is 16.5. The Hall–Kier alpha value is -3.63. The molecule has 3 aromatic rings. The minimum Gasteiger partial charge on any atom is -0.356 e. The molecule has 1 amide bonds. The van der Waals surface area contributed by atoms with Crippen molar-refractivity contribution >= 4 is 11.7 Å². The third kappa shape index (κ3) is 4.67.